The summed E-state index contributed by atoms with van der Waals surface area (Å²) >= 11 is 3.43. The average Bonchev–Trinajstić information content (AvgIpc) is 3.11. The Hall–Kier alpha value is -3.65. The van der Waals surface area contributed by atoms with E-state index in [0.717, 1.165) is 15.6 Å². The van der Waals surface area contributed by atoms with Gasteiger partial charge in [0.05, 0.1) is 18.2 Å². The number of Topliss-reactive ketones (excluding diaryl/α,β-unsaturated/α-hetero) is 1. The number of carbonyl (C=O) groups excluding carboxylic acids is 2. The lowest BCUT2D eigenvalue weighted by molar-refractivity contribution is -0.139. The van der Waals surface area contributed by atoms with Gasteiger partial charge in [-0.1, -0.05) is 40.2 Å². The highest BCUT2D eigenvalue weighted by molar-refractivity contribution is 9.10. The zero-order valence-electron chi connectivity index (χ0n) is 19.8. The van der Waals surface area contributed by atoms with Crippen molar-refractivity contribution in [2.45, 2.75) is 26.3 Å². The summed E-state index contributed by atoms with van der Waals surface area (Å²) in [5.41, 5.74) is 2.51. The highest BCUT2D eigenvalue weighted by Gasteiger charge is 2.46. The number of benzene rings is 3. The second kappa shape index (κ2) is 10.5. The molecular weight excluding hydrogens is 529 g/mol. The predicted molar refractivity (Wildman–Crippen MR) is 137 cm³/mol. The second-order valence-electron chi connectivity index (χ2n) is 8.49. The molecule has 2 N–H and O–H groups in total. The second-order valence-corrected chi connectivity index (χ2v) is 9.35. The van der Waals surface area contributed by atoms with Crippen molar-refractivity contribution < 1.29 is 28.9 Å². The molecule has 186 valence electrons. The maximum atomic E-state index is 13.3. The first kappa shape index (κ1) is 25.4. The number of ether oxygens (including phenoxy) is 1. The average molecular weight is 554 g/mol. The molecule has 1 aliphatic heterocycles. The lowest BCUT2D eigenvalue weighted by Gasteiger charge is -2.26. The number of amides is 1. The molecule has 0 aliphatic carbocycles. The number of rotatable bonds is 7. The Morgan fingerprint density at radius 2 is 1.81 bits per heavy atom. The summed E-state index contributed by atoms with van der Waals surface area (Å²) in [6.07, 6.45) is 0.373. The summed E-state index contributed by atoms with van der Waals surface area (Å²) in [5.74, 6) is -2.07. The minimum atomic E-state index is -0.908. The number of aryl methyl sites for hydroxylation is 1. The zero-order valence-corrected chi connectivity index (χ0v) is 21.4. The molecule has 1 heterocycles. The number of phenols is 1. The van der Waals surface area contributed by atoms with E-state index in [1.54, 1.807) is 49.4 Å². The number of aliphatic hydroxyl groups is 1. The van der Waals surface area contributed by atoms with Gasteiger partial charge < -0.3 is 19.8 Å². The van der Waals surface area contributed by atoms with Crippen LogP contribution in [0.5, 0.6) is 11.5 Å². The lowest BCUT2D eigenvalue weighted by Crippen LogP contribution is -2.31. The Bertz CT molecular complexity index is 1350. The van der Waals surface area contributed by atoms with Gasteiger partial charge in [-0.2, -0.15) is 0 Å². The Morgan fingerprint density at radius 1 is 1.08 bits per heavy atom. The molecule has 6 nitrogen and oxygen atoms in total. The first-order valence-corrected chi connectivity index (χ1v) is 12.3. The molecule has 36 heavy (non-hydrogen) atoms. The monoisotopic (exact) mass is 553 g/mol. The molecule has 8 heteroatoms. The first-order chi connectivity index (χ1) is 17.2. The van der Waals surface area contributed by atoms with E-state index in [2.05, 4.69) is 15.9 Å². The van der Waals surface area contributed by atoms with E-state index in [9.17, 15) is 24.2 Å². The first-order valence-electron chi connectivity index (χ1n) is 11.5. The van der Waals surface area contributed by atoms with Crippen LogP contribution in [-0.2, 0) is 16.0 Å². The van der Waals surface area contributed by atoms with Gasteiger partial charge in [0.2, 0.25) is 0 Å². The van der Waals surface area contributed by atoms with Crippen LogP contribution in [0.2, 0.25) is 0 Å². The largest absolute Gasteiger partial charge is 0.507 e. The molecule has 1 unspecified atom stereocenters. The third-order valence-corrected chi connectivity index (χ3v) is 7.02. The van der Waals surface area contributed by atoms with Crippen LogP contribution in [0.1, 0.15) is 35.2 Å². The number of halogens is 2. The fourth-order valence-corrected chi connectivity index (χ4v) is 4.52. The third-order valence-electron chi connectivity index (χ3n) is 6.13. The summed E-state index contributed by atoms with van der Waals surface area (Å²) in [4.78, 5) is 27.8. The molecule has 1 amide bonds. The molecule has 0 bridgehead atoms. The van der Waals surface area contributed by atoms with Crippen LogP contribution in [0.25, 0.3) is 5.76 Å². The minimum absolute atomic E-state index is 0.0473. The maximum absolute atomic E-state index is 13.3. The van der Waals surface area contributed by atoms with Gasteiger partial charge in [-0.25, -0.2) is 4.39 Å². The van der Waals surface area contributed by atoms with Crippen molar-refractivity contribution in [1.82, 2.24) is 4.90 Å². The van der Waals surface area contributed by atoms with Gasteiger partial charge in [0.25, 0.3) is 11.7 Å². The summed E-state index contributed by atoms with van der Waals surface area (Å²) in [6, 6.07) is 14.8. The van der Waals surface area contributed by atoms with Crippen LogP contribution in [0.15, 0.2) is 70.7 Å². The minimum Gasteiger partial charge on any atom is -0.507 e. The van der Waals surface area contributed by atoms with Crippen LogP contribution in [0.4, 0.5) is 4.39 Å². The number of hydrogen-bond acceptors (Lipinski definition) is 5. The molecular formula is C28H25BrFNO5. The van der Waals surface area contributed by atoms with E-state index in [1.165, 1.54) is 23.1 Å². The molecule has 1 atom stereocenters. The van der Waals surface area contributed by atoms with Crippen molar-refractivity contribution in [3.8, 4) is 11.5 Å². The number of carbonyl (C=O) groups is 2. The number of ketones is 1. The maximum Gasteiger partial charge on any atom is 0.295 e. The number of likely N-dealkylation sites (tertiary alicyclic amines) is 1. The van der Waals surface area contributed by atoms with Crippen LogP contribution < -0.4 is 4.74 Å². The van der Waals surface area contributed by atoms with Crippen LogP contribution in [-0.4, -0.2) is 40.0 Å². The van der Waals surface area contributed by atoms with Gasteiger partial charge in [0.1, 0.15) is 11.6 Å². The predicted octanol–water partition coefficient (Wildman–Crippen LogP) is 5.67. The Labute approximate surface area is 216 Å². The molecule has 1 fully saturated rings. The Balaban J connectivity index is 1.82. The smallest absolute Gasteiger partial charge is 0.295 e. The molecule has 3 aromatic carbocycles. The third kappa shape index (κ3) is 4.99. The van der Waals surface area contributed by atoms with Crippen LogP contribution >= 0.6 is 15.9 Å². The zero-order chi connectivity index (χ0) is 26.0. The number of aromatic hydroxyl groups is 1. The molecule has 0 aromatic heterocycles. The highest BCUT2D eigenvalue weighted by atomic mass is 79.9. The van der Waals surface area contributed by atoms with E-state index in [0.29, 0.717) is 24.2 Å². The molecule has 1 saturated heterocycles. The summed E-state index contributed by atoms with van der Waals surface area (Å²) in [7, 11) is 0. The van der Waals surface area contributed by atoms with Crippen molar-refractivity contribution in [2.75, 3.05) is 13.2 Å². The molecule has 1 aliphatic rings. The van der Waals surface area contributed by atoms with E-state index in [1.807, 2.05) is 6.92 Å². The number of aliphatic hydroxyl groups excluding tert-OH is 1. The van der Waals surface area contributed by atoms with Crippen LogP contribution in [0.3, 0.4) is 0 Å². The SMILES string of the molecule is CCOc1cc(C2/C(=C(/O)c3ccc(Br)c(C)c3)C(=O)C(=O)N2CCc2ccc(F)cc2)ccc1O. The van der Waals surface area contributed by atoms with Crippen molar-refractivity contribution >= 4 is 33.4 Å². The quantitative estimate of drug-likeness (QED) is 0.224. The molecule has 3 aromatic rings. The number of phenolic OH excluding ortho intramolecular Hbond substituents is 1. The van der Waals surface area contributed by atoms with E-state index in [-0.39, 0.29) is 35.2 Å². The highest BCUT2D eigenvalue weighted by Crippen LogP contribution is 2.42. The van der Waals surface area contributed by atoms with Crippen molar-refractivity contribution in [3.63, 3.8) is 0 Å². The van der Waals surface area contributed by atoms with Crippen molar-refractivity contribution in [2.24, 2.45) is 0 Å². The Morgan fingerprint density at radius 3 is 2.47 bits per heavy atom. The van der Waals surface area contributed by atoms with E-state index in [4.69, 9.17) is 4.74 Å². The molecule has 4 rings (SSSR count). The Kier molecular flexibility index (Phi) is 7.45. The van der Waals surface area contributed by atoms with Gasteiger partial charge in [-0.3, -0.25) is 9.59 Å². The van der Waals surface area contributed by atoms with Gasteiger partial charge >= 0.3 is 0 Å². The fourth-order valence-electron chi connectivity index (χ4n) is 4.28. The van der Waals surface area contributed by atoms with E-state index < -0.39 is 17.7 Å². The summed E-state index contributed by atoms with van der Waals surface area (Å²) in [5, 5.41) is 21.5. The number of hydrogen-bond donors (Lipinski definition) is 2. The van der Waals surface area contributed by atoms with Gasteiger partial charge in [-0.05, 0) is 73.4 Å². The standard InChI is InChI=1S/C28H25BrFNO5/c1-3-36-23-15-18(7-11-22(23)32)25-24(26(33)19-6-10-21(29)16(2)14-19)27(34)28(35)31(25)13-12-17-4-8-20(30)9-5-17/h4-11,14-15,25,32-33H,3,12-13H2,1-2H3/b26-24-. The summed E-state index contributed by atoms with van der Waals surface area (Å²) in [6.45, 7) is 4.09. The van der Waals surface area contributed by atoms with Crippen molar-refractivity contribution in [3.05, 3.63) is 98.8 Å². The van der Waals surface area contributed by atoms with Crippen molar-refractivity contribution in [1.29, 1.82) is 0 Å². The fraction of sp³-hybridized carbons (Fsp3) is 0.214. The number of nitrogens with zero attached hydrogens (tertiary/aromatic N) is 1. The molecule has 0 saturated carbocycles. The molecule has 0 radical (unpaired) electrons. The van der Waals surface area contributed by atoms with Crippen LogP contribution in [0, 0.1) is 12.7 Å². The summed E-state index contributed by atoms with van der Waals surface area (Å²) < 4.78 is 19.7. The lowest BCUT2D eigenvalue weighted by atomic mass is 9.94. The van der Waals surface area contributed by atoms with Gasteiger partial charge in [0.15, 0.2) is 11.5 Å². The normalized spacial score (nSPS) is 17.0. The van der Waals surface area contributed by atoms with Gasteiger partial charge in [0, 0.05) is 16.6 Å². The molecule has 0 spiro atoms. The van der Waals surface area contributed by atoms with E-state index >= 15 is 0 Å². The van der Waals surface area contributed by atoms with Gasteiger partial charge in [-0.15, -0.1) is 0 Å². The topological polar surface area (TPSA) is 87.1 Å².